The van der Waals surface area contributed by atoms with E-state index < -0.39 is 0 Å². The molecule has 1 saturated heterocycles. The summed E-state index contributed by atoms with van der Waals surface area (Å²) in [6.45, 7) is 3.50. The van der Waals surface area contributed by atoms with Gasteiger partial charge in [0.1, 0.15) is 12.7 Å². The van der Waals surface area contributed by atoms with Gasteiger partial charge in [0.25, 0.3) is 0 Å². The lowest BCUT2D eigenvalue weighted by Gasteiger charge is -2.04. The van der Waals surface area contributed by atoms with Crippen molar-refractivity contribution in [2.75, 3.05) is 13.2 Å². The number of carbonyl (C=O) groups is 1. The molecule has 1 atom stereocenters. The van der Waals surface area contributed by atoms with Crippen molar-refractivity contribution >= 4 is 5.97 Å². The van der Waals surface area contributed by atoms with Crippen molar-refractivity contribution in [2.24, 2.45) is 0 Å². The minimum absolute atomic E-state index is 0.0542. The molecule has 3 nitrogen and oxygen atoms in total. The van der Waals surface area contributed by atoms with Gasteiger partial charge < -0.3 is 9.47 Å². The van der Waals surface area contributed by atoms with E-state index in [2.05, 4.69) is 6.92 Å². The fraction of sp³-hybridized carbons (Fsp3) is 0.957. The molecule has 0 unspecified atom stereocenters. The quantitative estimate of drug-likeness (QED) is 0.132. The molecule has 0 aliphatic carbocycles. The Morgan fingerprint density at radius 2 is 1.12 bits per heavy atom. The maximum Gasteiger partial charge on any atom is 0.305 e. The van der Waals surface area contributed by atoms with Gasteiger partial charge in [-0.05, 0) is 6.42 Å². The zero-order valence-electron chi connectivity index (χ0n) is 17.4. The third-order valence-electron chi connectivity index (χ3n) is 5.32. The summed E-state index contributed by atoms with van der Waals surface area (Å²) < 4.78 is 10.2. The van der Waals surface area contributed by atoms with Gasteiger partial charge in [0.2, 0.25) is 0 Å². The largest absolute Gasteiger partial charge is 0.463 e. The average molecular weight is 369 g/mol. The van der Waals surface area contributed by atoms with E-state index in [4.69, 9.17) is 9.47 Å². The van der Waals surface area contributed by atoms with Gasteiger partial charge >= 0.3 is 5.97 Å². The Bertz CT molecular complexity index is 313. The van der Waals surface area contributed by atoms with Crippen molar-refractivity contribution in [1.82, 2.24) is 0 Å². The van der Waals surface area contributed by atoms with Crippen LogP contribution >= 0.6 is 0 Å². The summed E-state index contributed by atoms with van der Waals surface area (Å²) in [5, 5.41) is 0. The topological polar surface area (TPSA) is 38.8 Å². The monoisotopic (exact) mass is 368 g/mol. The zero-order valence-corrected chi connectivity index (χ0v) is 17.4. The van der Waals surface area contributed by atoms with Gasteiger partial charge in [0.15, 0.2) is 0 Å². The summed E-state index contributed by atoms with van der Waals surface area (Å²) in [7, 11) is 0. The van der Waals surface area contributed by atoms with Gasteiger partial charge in [0.05, 0.1) is 6.61 Å². The van der Waals surface area contributed by atoms with Crippen LogP contribution in [0.4, 0.5) is 0 Å². The Hall–Kier alpha value is -0.570. The first-order valence-corrected chi connectivity index (χ1v) is 11.6. The van der Waals surface area contributed by atoms with Crippen LogP contribution in [0.15, 0.2) is 0 Å². The van der Waals surface area contributed by atoms with Crippen LogP contribution in [-0.4, -0.2) is 25.3 Å². The normalized spacial score (nSPS) is 16.0. The summed E-state index contributed by atoms with van der Waals surface area (Å²) in [6.07, 6.45) is 23.9. The Kier molecular flexibility index (Phi) is 16.1. The molecule has 0 saturated carbocycles. The third-order valence-corrected chi connectivity index (χ3v) is 5.32. The number of carbonyl (C=O) groups excluding carboxylic acids is 1. The first-order valence-electron chi connectivity index (χ1n) is 11.6. The molecule has 0 N–H and O–H groups in total. The summed E-state index contributed by atoms with van der Waals surface area (Å²) in [5.74, 6) is -0.0542. The van der Waals surface area contributed by atoms with Crippen LogP contribution in [0, 0.1) is 0 Å². The first-order chi connectivity index (χ1) is 12.8. The van der Waals surface area contributed by atoms with E-state index in [0.717, 1.165) is 19.4 Å². The molecule has 1 heterocycles. The standard InChI is InChI=1S/C23H44O3/c1-2-3-4-5-6-7-8-9-10-11-12-13-14-15-16-17-18-19-23(24)26-21-22-20-25-22/h22H,2-21H2,1H3/t22-/m0/s1. The number of hydrogen-bond donors (Lipinski definition) is 0. The fourth-order valence-electron chi connectivity index (χ4n) is 3.42. The van der Waals surface area contributed by atoms with Crippen molar-refractivity contribution in [3.8, 4) is 0 Å². The van der Waals surface area contributed by atoms with E-state index in [1.165, 1.54) is 96.3 Å². The highest BCUT2D eigenvalue weighted by Gasteiger charge is 2.23. The number of hydrogen-bond acceptors (Lipinski definition) is 3. The van der Waals surface area contributed by atoms with Gasteiger partial charge in [-0.15, -0.1) is 0 Å². The molecule has 3 heteroatoms. The molecule has 1 rings (SSSR count). The summed E-state index contributed by atoms with van der Waals surface area (Å²) in [5.41, 5.74) is 0. The molecule has 1 aliphatic heterocycles. The average Bonchev–Trinajstić information content (AvgIpc) is 3.47. The first kappa shape index (κ1) is 23.5. The molecule has 0 aromatic carbocycles. The lowest BCUT2D eigenvalue weighted by atomic mass is 10.0. The maximum atomic E-state index is 11.5. The minimum atomic E-state index is -0.0542. The van der Waals surface area contributed by atoms with Crippen LogP contribution in [-0.2, 0) is 14.3 Å². The molecule has 0 aromatic rings. The van der Waals surface area contributed by atoms with Crippen molar-refractivity contribution in [3.05, 3.63) is 0 Å². The van der Waals surface area contributed by atoms with Crippen molar-refractivity contribution in [3.63, 3.8) is 0 Å². The summed E-state index contributed by atoms with van der Waals surface area (Å²) in [6, 6.07) is 0. The molecule has 0 radical (unpaired) electrons. The predicted octanol–water partition coefficient (Wildman–Crippen LogP) is 6.97. The lowest BCUT2D eigenvalue weighted by molar-refractivity contribution is -0.144. The predicted molar refractivity (Wildman–Crippen MR) is 109 cm³/mol. The van der Waals surface area contributed by atoms with Gasteiger partial charge in [-0.25, -0.2) is 0 Å². The lowest BCUT2D eigenvalue weighted by Crippen LogP contribution is -2.09. The molecular weight excluding hydrogens is 324 g/mol. The second kappa shape index (κ2) is 17.8. The number of epoxide rings is 1. The molecular formula is C23H44O3. The van der Waals surface area contributed by atoms with Crippen LogP contribution in [0.25, 0.3) is 0 Å². The Labute approximate surface area is 162 Å². The number of rotatable bonds is 20. The van der Waals surface area contributed by atoms with E-state index in [-0.39, 0.29) is 12.1 Å². The van der Waals surface area contributed by atoms with Gasteiger partial charge in [-0.2, -0.15) is 0 Å². The van der Waals surface area contributed by atoms with Crippen molar-refractivity contribution in [1.29, 1.82) is 0 Å². The van der Waals surface area contributed by atoms with E-state index in [0.29, 0.717) is 13.0 Å². The highest BCUT2D eigenvalue weighted by Crippen LogP contribution is 2.14. The van der Waals surface area contributed by atoms with Gasteiger partial charge in [0, 0.05) is 6.42 Å². The number of esters is 1. The molecule has 154 valence electrons. The van der Waals surface area contributed by atoms with Crippen LogP contribution in [0.5, 0.6) is 0 Å². The van der Waals surface area contributed by atoms with Crippen LogP contribution in [0.1, 0.15) is 122 Å². The Balaban J connectivity index is 1.65. The molecule has 0 amide bonds. The smallest absolute Gasteiger partial charge is 0.305 e. The van der Waals surface area contributed by atoms with Crippen molar-refractivity contribution in [2.45, 2.75) is 129 Å². The maximum absolute atomic E-state index is 11.5. The molecule has 0 bridgehead atoms. The Morgan fingerprint density at radius 3 is 1.50 bits per heavy atom. The van der Waals surface area contributed by atoms with Gasteiger partial charge in [-0.1, -0.05) is 110 Å². The van der Waals surface area contributed by atoms with E-state index in [1.807, 2.05) is 0 Å². The molecule has 1 aliphatic rings. The SMILES string of the molecule is CCCCCCCCCCCCCCCCCCCC(=O)OC[C@@H]1CO1. The molecule has 26 heavy (non-hydrogen) atoms. The molecule has 1 fully saturated rings. The highest BCUT2D eigenvalue weighted by atomic mass is 16.6. The second-order valence-electron chi connectivity index (χ2n) is 8.05. The molecule has 0 spiro atoms. The van der Waals surface area contributed by atoms with Crippen molar-refractivity contribution < 1.29 is 14.3 Å². The summed E-state index contributed by atoms with van der Waals surface area (Å²) in [4.78, 5) is 11.5. The summed E-state index contributed by atoms with van der Waals surface area (Å²) >= 11 is 0. The minimum Gasteiger partial charge on any atom is -0.463 e. The number of ether oxygens (including phenoxy) is 2. The number of unbranched alkanes of at least 4 members (excludes halogenated alkanes) is 16. The molecule has 0 aromatic heterocycles. The van der Waals surface area contributed by atoms with Gasteiger partial charge in [-0.3, -0.25) is 4.79 Å². The zero-order chi connectivity index (χ0) is 18.7. The highest BCUT2D eigenvalue weighted by molar-refractivity contribution is 5.69. The van der Waals surface area contributed by atoms with E-state index in [1.54, 1.807) is 0 Å². The van der Waals surface area contributed by atoms with Crippen LogP contribution in [0.3, 0.4) is 0 Å². The third kappa shape index (κ3) is 16.9. The van der Waals surface area contributed by atoms with E-state index in [9.17, 15) is 4.79 Å². The van der Waals surface area contributed by atoms with Crippen LogP contribution in [0.2, 0.25) is 0 Å². The van der Waals surface area contributed by atoms with E-state index >= 15 is 0 Å². The second-order valence-corrected chi connectivity index (χ2v) is 8.05. The van der Waals surface area contributed by atoms with Crippen LogP contribution < -0.4 is 0 Å². The Morgan fingerprint density at radius 1 is 0.731 bits per heavy atom. The fourth-order valence-corrected chi connectivity index (χ4v) is 3.42.